The van der Waals surface area contributed by atoms with E-state index in [-0.39, 0.29) is 0 Å². The lowest BCUT2D eigenvalue weighted by Crippen LogP contribution is -2.35. The molecule has 1 rings (SSSR count). The second-order valence-electron chi connectivity index (χ2n) is 6.54. The van der Waals surface area contributed by atoms with Crippen LogP contribution in [-0.2, 0) is 0 Å². The van der Waals surface area contributed by atoms with Crippen LogP contribution in [0, 0.1) is 5.92 Å². The minimum absolute atomic E-state index is 0.386. The van der Waals surface area contributed by atoms with Crippen molar-refractivity contribution < 1.29 is 0 Å². The summed E-state index contributed by atoms with van der Waals surface area (Å²) in [6.07, 6.45) is 2.55. The molecule has 0 fully saturated rings. The van der Waals surface area contributed by atoms with E-state index in [4.69, 9.17) is 11.6 Å². The van der Waals surface area contributed by atoms with Crippen molar-refractivity contribution in [3.05, 3.63) is 34.9 Å². The molecule has 0 amide bonds. The second kappa shape index (κ2) is 9.45. The normalized spacial score (nSPS) is 14.7. The van der Waals surface area contributed by atoms with Crippen LogP contribution in [0.4, 0.5) is 0 Å². The molecule has 0 bridgehead atoms. The molecule has 0 saturated carbocycles. The molecule has 21 heavy (non-hydrogen) atoms. The Morgan fingerprint density at radius 2 is 1.86 bits per heavy atom. The fourth-order valence-electron chi connectivity index (χ4n) is 2.39. The van der Waals surface area contributed by atoms with Gasteiger partial charge in [0.05, 0.1) is 0 Å². The van der Waals surface area contributed by atoms with Gasteiger partial charge in [0.1, 0.15) is 0 Å². The van der Waals surface area contributed by atoms with Gasteiger partial charge in [-0.3, -0.25) is 4.90 Å². The molecule has 0 aliphatic heterocycles. The van der Waals surface area contributed by atoms with Gasteiger partial charge in [-0.15, -0.1) is 0 Å². The van der Waals surface area contributed by atoms with Crippen LogP contribution in [0.1, 0.15) is 52.1 Å². The summed E-state index contributed by atoms with van der Waals surface area (Å²) >= 11 is 6.07. The average molecular weight is 311 g/mol. The summed E-state index contributed by atoms with van der Waals surface area (Å²) < 4.78 is 0. The van der Waals surface area contributed by atoms with Gasteiger partial charge < -0.3 is 5.32 Å². The van der Waals surface area contributed by atoms with Crippen LogP contribution in [0.3, 0.4) is 0 Å². The molecule has 2 nitrogen and oxygen atoms in total. The van der Waals surface area contributed by atoms with Gasteiger partial charge in [0.15, 0.2) is 0 Å². The summed E-state index contributed by atoms with van der Waals surface area (Å²) in [5, 5.41) is 4.43. The zero-order chi connectivity index (χ0) is 15.8. The molecular formula is C18H31ClN2. The molecule has 3 heteroatoms. The summed E-state index contributed by atoms with van der Waals surface area (Å²) in [5.41, 5.74) is 1.28. The van der Waals surface area contributed by atoms with Crippen LogP contribution in [0.5, 0.6) is 0 Å². The summed E-state index contributed by atoms with van der Waals surface area (Å²) in [4.78, 5) is 2.37. The highest BCUT2D eigenvalue weighted by Crippen LogP contribution is 2.21. The van der Waals surface area contributed by atoms with E-state index in [9.17, 15) is 0 Å². The molecule has 0 aliphatic carbocycles. The number of nitrogens with one attached hydrogen (secondary N) is 1. The Morgan fingerprint density at radius 3 is 2.48 bits per heavy atom. The third-order valence-electron chi connectivity index (χ3n) is 4.13. The minimum atomic E-state index is 0.386. The SMILES string of the molecule is CC(C)CCC(C)NCCN(C)C(C)c1cccc(Cl)c1. The van der Waals surface area contributed by atoms with Crippen molar-refractivity contribution in [2.75, 3.05) is 20.1 Å². The summed E-state index contributed by atoms with van der Waals surface area (Å²) in [7, 11) is 2.17. The molecule has 1 aromatic rings. The van der Waals surface area contributed by atoms with Gasteiger partial charge in [0.25, 0.3) is 0 Å². The van der Waals surface area contributed by atoms with E-state index in [1.54, 1.807) is 0 Å². The van der Waals surface area contributed by atoms with Crippen LogP contribution >= 0.6 is 11.6 Å². The monoisotopic (exact) mass is 310 g/mol. The Hall–Kier alpha value is -0.570. The molecule has 1 N–H and O–H groups in total. The van der Waals surface area contributed by atoms with Crippen molar-refractivity contribution >= 4 is 11.6 Å². The van der Waals surface area contributed by atoms with Crippen LogP contribution in [0.25, 0.3) is 0 Å². The maximum atomic E-state index is 6.07. The number of benzene rings is 1. The van der Waals surface area contributed by atoms with E-state index >= 15 is 0 Å². The van der Waals surface area contributed by atoms with E-state index in [0.717, 1.165) is 24.0 Å². The predicted octanol–water partition coefficient (Wildman–Crippen LogP) is 4.75. The highest BCUT2D eigenvalue weighted by atomic mass is 35.5. The van der Waals surface area contributed by atoms with E-state index in [2.05, 4.69) is 57.1 Å². The highest BCUT2D eigenvalue weighted by Gasteiger charge is 2.12. The molecule has 2 atom stereocenters. The molecular weight excluding hydrogens is 280 g/mol. The van der Waals surface area contributed by atoms with Gasteiger partial charge in [-0.1, -0.05) is 37.6 Å². The number of hydrogen-bond acceptors (Lipinski definition) is 2. The van der Waals surface area contributed by atoms with Crippen LogP contribution in [-0.4, -0.2) is 31.1 Å². The average Bonchev–Trinajstić information content (AvgIpc) is 2.44. The zero-order valence-electron chi connectivity index (χ0n) is 14.2. The van der Waals surface area contributed by atoms with Crippen molar-refractivity contribution in [1.82, 2.24) is 10.2 Å². The van der Waals surface area contributed by atoms with Crippen molar-refractivity contribution in [2.24, 2.45) is 5.92 Å². The number of nitrogens with zero attached hydrogens (tertiary/aromatic N) is 1. The first kappa shape index (κ1) is 18.5. The van der Waals surface area contributed by atoms with E-state index < -0.39 is 0 Å². The smallest absolute Gasteiger partial charge is 0.0409 e. The third-order valence-corrected chi connectivity index (χ3v) is 4.36. The molecule has 120 valence electrons. The fraction of sp³-hybridized carbons (Fsp3) is 0.667. The van der Waals surface area contributed by atoms with E-state index in [1.165, 1.54) is 18.4 Å². The Morgan fingerprint density at radius 1 is 1.14 bits per heavy atom. The quantitative estimate of drug-likeness (QED) is 0.708. The molecule has 0 radical (unpaired) electrons. The lowest BCUT2D eigenvalue weighted by atomic mass is 10.0. The maximum absolute atomic E-state index is 6.07. The first-order chi connectivity index (χ1) is 9.90. The molecule has 0 heterocycles. The minimum Gasteiger partial charge on any atom is -0.313 e. The molecule has 0 aromatic heterocycles. The Bertz CT molecular complexity index is 406. The Kier molecular flexibility index (Phi) is 8.31. The fourth-order valence-corrected chi connectivity index (χ4v) is 2.59. The number of likely N-dealkylation sites (N-methyl/N-ethyl adjacent to an activating group) is 1. The molecule has 1 aromatic carbocycles. The third kappa shape index (κ3) is 7.30. The number of halogens is 1. The molecule has 0 saturated heterocycles. The zero-order valence-corrected chi connectivity index (χ0v) is 15.0. The van der Waals surface area contributed by atoms with Crippen molar-refractivity contribution in [3.8, 4) is 0 Å². The predicted molar refractivity (Wildman–Crippen MR) is 94.0 cm³/mol. The Labute approximate surface area is 135 Å². The van der Waals surface area contributed by atoms with Crippen molar-refractivity contribution in [1.29, 1.82) is 0 Å². The van der Waals surface area contributed by atoms with Crippen LogP contribution < -0.4 is 5.32 Å². The van der Waals surface area contributed by atoms with Crippen molar-refractivity contribution in [3.63, 3.8) is 0 Å². The van der Waals surface area contributed by atoms with Crippen molar-refractivity contribution in [2.45, 2.75) is 52.6 Å². The molecule has 0 spiro atoms. The van der Waals surface area contributed by atoms with E-state index in [0.29, 0.717) is 12.1 Å². The van der Waals surface area contributed by atoms with Gasteiger partial charge in [0.2, 0.25) is 0 Å². The Balaban J connectivity index is 2.31. The summed E-state index contributed by atoms with van der Waals surface area (Å²) in [5.74, 6) is 0.791. The standard InChI is InChI=1S/C18H31ClN2/c1-14(2)9-10-15(3)20-11-12-21(5)16(4)17-7-6-8-18(19)13-17/h6-8,13-16,20H,9-12H2,1-5H3. The van der Waals surface area contributed by atoms with Crippen LogP contribution in [0.15, 0.2) is 24.3 Å². The van der Waals surface area contributed by atoms with Gasteiger partial charge in [-0.05, 0) is 57.4 Å². The summed E-state index contributed by atoms with van der Waals surface area (Å²) in [6, 6.07) is 9.13. The molecule has 0 aliphatic rings. The first-order valence-electron chi connectivity index (χ1n) is 8.09. The lowest BCUT2D eigenvalue weighted by Gasteiger charge is -2.26. The van der Waals surface area contributed by atoms with Gasteiger partial charge in [0, 0.05) is 30.2 Å². The number of hydrogen-bond donors (Lipinski definition) is 1. The topological polar surface area (TPSA) is 15.3 Å². The maximum Gasteiger partial charge on any atom is 0.0409 e. The van der Waals surface area contributed by atoms with Gasteiger partial charge in [-0.25, -0.2) is 0 Å². The number of rotatable bonds is 9. The van der Waals surface area contributed by atoms with E-state index in [1.807, 2.05) is 12.1 Å². The largest absolute Gasteiger partial charge is 0.313 e. The summed E-state index contributed by atoms with van der Waals surface area (Å²) in [6.45, 7) is 11.2. The van der Waals surface area contributed by atoms with Gasteiger partial charge >= 0.3 is 0 Å². The first-order valence-corrected chi connectivity index (χ1v) is 8.47. The van der Waals surface area contributed by atoms with Gasteiger partial charge in [-0.2, -0.15) is 0 Å². The lowest BCUT2D eigenvalue weighted by molar-refractivity contribution is 0.256. The second-order valence-corrected chi connectivity index (χ2v) is 6.97. The van der Waals surface area contributed by atoms with Crippen LogP contribution in [0.2, 0.25) is 5.02 Å². The molecule has 2 unspecified atom stereocenters. The highest BCUT2D eigenvalue weighted by molar-refractivity contribution is 6.30.